The number of hydrogen-bond donors (Lipinski definition) is 3. The fraction of sp³-hybridized carbons (Fsp3) is 0.458. The van der Waals surface area contributed by atoms with Gasteiger partial charge in [-0.25, -0.2) is 0 Å². The summed E-state index contributed by atoms with van der Waals surface area (Å²) in [5.74, 6) is -0.350. The van der Waals surface area contributed by atoms with E-state index in [0.29, 0.717) is 19.4 Å². The second kappa shape index (κ2) is 7.81. The van der Waals surface area contributed by atoms with Crippen LogP contribution in [0.15, 0.2) is 42.5 Å². The van der Waals surface area contributed by atoms with Gasteiger partial charge in [0.15, 0.2) is 6.29 Å². The van der Waals surface area contributed by atoms with Gasteiger partial charge in [-0.2, -0.15) is 0 Å². The number of aliphatic hydroxyl groups excluding tert-OH is 1. The Balaban J connectivity index is 1.65. The summed E-state index contributed by atoms with van der Waals surface area (Å²) >= 11 is 0. The number of carbonyl (C=O) groups excluding carboxylic acids is 1. The molecule has 0 spiro atoms. The van der Waals surface area contributed by atoms with Gasteiger partial charge in [-0.1, -0.05) is 36.4 Å². The van der Waals surface area contributed by atoms with Crippen LogP contribution in [0, 0.1) is 11.3 Å². The highest BCUT2D eigenvalue weighted by atomic mass is 16.6. The Morgan fingerprint density at radius 2 is 2.07 bits per heavy atom. The van der Waals surface area contributed by atoms with Crippen molar-refractivity contribution in [3.8, 4) is 5.75 Å². The molecular weight excluding hydrogens is 366 g/mol. The normalized spacial score (nSPS) is 26.6. The van der Waals surface area contributed by atoms with Crippen molar-refractivity contribution in [1.82, 2.24) is 0 Å². The zero-order valence-corrected chi connectivity index (χ0v) is 16.8. The number of aryl methyl sites for hydroxylation is 1. The van der Waals surface area contributed by atoms with Crippen molar-refractivity contribution >= 4 is 5.91 Å². The summed E-state index contributed by atoms with van der Waals surface area (Å²) in [4.78, 5) is 11.8. The number of amides is 1. The van der Waals surface area contributed by atoms with Gasteiger partial charge in [-0.05, 0) is 61.8 Å². The van der Waals surface area contributed by atoms with Gasteiger partial charge in [0.25, 0.3) is 0 Å². The number of hydrogen-bond acceptors (Lipinski definition) is 4. The summed E-state index contributed by atoms with van der Waals surface area (Å²) < 4.78 is 5.44. The molecule has 154 valence electrons. The lowest BCUT2D eigenvalue weighted by Crippen LogP contribution is -2.32. The van der Waals surface area contributed by atoms with Crippen LogP contribution < -0.4 is 5.73 Å². The minimum atomic E-state index is -1.03. The second-order valence-corrected chi connectivity index (χ2v) is 8.41. The van der Waals surface area contributed by atoms with Crippen LogP contribution in [-0.2, 0) is 22.4 Å². The molecule has 0 bridgehead atoms. The fourth-order valence-electron chi connectivity index (χ4n) is 5.03. The Hall–Kier alpha value is -2.37. The predicted molar refractivity (Wildman–Crippen MR) is 110 cm³/mol. The van der Waals surface area contributed by atoms with Crippen molar-refractivity contribution in [2.45, 2.75) is 51.2 Å². The lowest BCUT2D eigenvalue weighted by atomic mass is 9.78. The summed E-state index contributed by atoms with van der Waals surface area (Å²) in [6, 6.07) is 14.0. The quantitative estimate of drug-likeness (QED) is 0.628. The first-order chi connectivity index (χ1) is 14.0. The first kappa shape index (κ1) is 19.9. The third-order valence-corrected chi connectivity index (χ3v) is 6.65. The van der Waals surface area contributed by atoms with Crippen molar-refractivity contribution in [2.24, 2.45) is 17.1 Å². The van der Waals surface area contributed by atoms with Crippen molar-refractivity contribution in [3.63, 3.8) is 0 Å². The summed E-state index contributed by atoms with van der Waals surface area (Å²) in [7, 11) is 0. The monoisotopic (exact) mass is 395 g/mol. The molecule has 0 saturated heterocycles. The Kier molecular flexibility index (Phi) is 5.36. The molecule has 5 nitrogen and oxygen atoms in total. The van der Waals surface area contributed by atoms with E-state index < -0.39 is 23.5 Å². The Morgan fingerprint density at radius 1 is 1.28 bits per heavy atom. The van der Waals surface area contributed by atoms with Crippen LogP contribution in [-0.4, -0.2) is 29.0 Å². The van der Waals surface area contributed by atoms with E-state index in [4.69, 9.17) is 10.5 Å². The van der Waals surface area contributed by atoms with Crippen molar-refractivity contribution < 1.29 is 19.7 Å². The molecule has 2 aromatic rings. The van der Waals surface area contributed by atoms with Gasteiger partial charge in [0.1, 0.15) is 5.75 Å². The van der Waals surface area contributed by atoms with Gasteiger partial charge >= 0.3 is 0 Å². The second-order valence-electron chi connectivity index (χ2n) is 8.41. The zero-order chi connectivity index (χ0) is 20.6. The molecule has 1 amide bonds. The minimum Gasteiger partial charge on any atom is -0.508 e. The molecule has 4 atom stereocenters. The van der Waals surface area contributed by atoms with E-state index in [1.807, 2.05) is 25.1 Å². The maximum atomic E-state index is 11.8. The molecular formula is C24H29NO4. The first-order valence-electron chi connectivity index (χ1n) is 10.4. The van der Waals surface area contributed by atoms with E-state index >= 15 is 0 Å². The molecule has 0 aromatic heterocycles. The highest BCUT2D eigenvalue weighted by molar-refractivity contribution is 5.81. The number of phenolic OH excluding ortho intramolecular Hbond substituents is 1. The number of ether oxygens (including phenoxy) is 1. The molecule has 4 rings (SSSR count). The molecule has 0 heterocycles. The van der Waals surface area contributed by atoms with Gasteiger partial charge in [-0.15, -0.1) is 0 Å². The van der Waals surface area contributed by atoms with E-state index in [2.05, 4.69) is 18.2 Å². The summed E-state index contributed by atoms with van der Waals surface area (Å²) in [6.45, 7) is 2.19. The van der Waals surface area contributed by atoms with Crippen LogP contribution in [0.25, 0.3) is 0 Å². The van der Waals surface area contributed by atoms with Crippen molar-refractivity contribution in [3.05, 3.63) is 64.7 Å². The number of aliphatic hydroxyl groups is 1. The lowest BCUT2D eigenvalue weighted by Gasteiger charge is -2.28. The number of benzene rings is 2. The molecule has 5 heteroatoms. The van der Waals surface area contributed by atoms with Crippen LogP contribution in [0.4, 0.5) is 0 Å². The number of primary amides is 1. The van der Waals surface area contributed by atoms with Crippen LogP contribution in [0.1, 0.15) is 54.4 Å². The van der Waals surface area contributed by atoms with Gasteiger partial charge in [0.05, 0.1) is 0 Å². The van der Waals surface area contributed by atoms with E-state index in [9.17, 15) is 15.0 Å². The number of aromatic hydroxyl groups is 1. The number of fused-ring (bicyclic) bond motifs is 1. The van der Waals surface area contributed by atoms with E-state index in [1.54, 1.807) is 6.07 Å². The fourth-order valence-corrected chi connectivity index (χ4v) is 5.03. The third kappa shape index (κ3) is 3.65. The van der Waals surface area contributed by atoms with E-state index in [-0.39, 0.29) is 11.7 Å². The Bertz CT molecular complexity index is 912. The third-order valence-electron chi connectivity index (χ3n) is 6.65. The maximum absolute atomic E-state index is 11.8. The van der Waals surface area contributed by atoms with Crippen LogP contribution in [0.3, 0.4) is 0 Å². The summed E-state index contributed by atoms with van der Waals surface area (Å²) in [6.07, 6.45) is 3.12. The van der Waals surface area contributed by atoms with Crippen molar-refractivity contribution in [2.75, 3.05) is 6.61 Å². The van der Waals surface area contributed by atoms with Crippen LogP contribution in [0.5, 0.6) is 5.75 Å². The molecule has 29 heavy (non-hydrogen) atoms. The Morgan fingerprint density at radius 3 is 2.79 bits per heavy atom. The number of nitrogens with two attached hydrogens (primary N) is 1. The average molecular weight is 395 g/mol. The van der Waals surface area contributed by atoms with Crippen LogP contribution >= 0.6 is 0 Å². The average Bonchev–Trinajstić information content (AvgIpc) is 3.45. The zero-order valence-electron chi connectivity index (χ0n) is 16.8. The molecule has 2 aromatic carbocycles. The number of carbonyl (C=O) groups is 1. The maximum Gasteiger partial charge on any atom is 0.221 e. The number of phenols is 1. The highest BCUT2D eigenvalue weighted by Crippen LogP contribution is 2.57. The number of rotatable bonds is 7. The molecule has 2 aliphatic rings. The SMILES string of the molecule is CCOC(O)[C@@]1(Cc2ccc(O)c(C3CCCc4ccccc43)c2)C[C@@H]1C(N)=O. The first-order valence-corrected chi connectivity index (χ1v) is 10.4. The predicted octanol–water partition coefficient (Wildman–Crippen LogP) is 3.25. The smallest absolute Gasteiger partial charge is 0.221 e. The molecule has 4 N–H and O–H groups in total. The van der Waals surface area contributed by atoms with E-state index in [1.165, 1.54) is 11.1 Å². The molecule has 2 unspecified atom stereocenters. The van der Waals surface area contributed by atoms with Gasteiger partial charge in [0.2, 0.25) is 5.91 Å². The van der Waals surface area contributed by atoms with Gasteiger partial charge < -0.3 is 20.7 Å². The molecule has 2 aliphatic carbocycles. The molecule has 1 fully saturated rings. The molecule has 1 saturated carbocycles. The Labute approximate surface area is 171 Å². The van der Waals surface area contributed by atoms with E-state index in [0.717, 1.165) is 30.4 Å². The largest absolute Gasteiger partial charge is 0.508 e. The minimum absolute atomic E-state index is 0.152. The van der Waals surface area contributed by atoms with Gasteiger partial charge in [-0.3, -0.25) is 4.79 Å². The topological polar surface area (TPSA) is 92.8 Å². The molecule has 0 radical (unpaired) electrons. The summed E-state index contributed by atoms with van der Waals surface area (Å²) in [5, 5.41) is 21.2. The highest BCUT2D eigenvalue weighted by Gasteiger charge is 2.62. The molecule has 0 aliphatic heterocycles. The standard InChI is InChI=1S/C24H29NO4/c1-2-29-23(28)24(14-20(24)22(25)27)13-15-10-11-21(26)19(12-15)18-9-5-7-16-6-3-4-8-17(16)18/h3-4,6,8,10-12,18,20,23,26,28H,2,5,7,9,13-14H2,1H3,(H2,25,27)/t18?,20-,23?,24+/m1/s1. The summed E-state index contributed by atoms with van der Waals surface area (Å²) in [5.41, 5.74) is 9.36. The lowest BCUT2D eigenvalue weighted by molar-refractivity contribution is -0.149. The van der Waals surface area contributed by atoms with Crippen LogP contribution in [0.2, 0.25) is 0 Å². The van der Waals surface area contributed by atoms with Gasteiger partial charge in [0, 0.05) is 29.4 Å². The van der Waals surface area contributed by atoms with Crippen molar-refractivity contribution in [1.29, 1.82) is 0 Å².